The minimum Gasteiger partial charge on any atom is -0.344 e. The molecule has 4 nitrogen and oxygen atoms in total. The molecule has 0 amide bonds. The fourth-order valence-corrected chi connectivity index (χ4v) is 4.15. The van der Waals surface area contributed by atoms with Gasteiger partial charge in [0.05, 0.1) is 22.6 Å². The largest absolute Gasteiger partial charge is 0.416 e. The van der Waals surface area contributed by atoms with Gasteiger partial charge in [-0.3, -0.25) is 9.36 Å². The number of nitrogens with one attached hydrogen (secondary N) is 1. The lowest BCUT2D eigenvalue weighted by Crippen LogP contribution is -2.27. The number of rotatable bonds is 3. The summed E-state index contributed by atoms with van der Waals surface area (Å²) in [6.07, 6.45) is -4.43. The first-order valence-electron chi connectivity index (χ1n) is 10.1. The summed E-state index contributed by atoms with van der Waals surface area (Å²) in [6, 6.07) is 20.7. The van der Waals surface area contributed by atoms with E-state index in [2.05, 4.69) is 10.3 Å². The van der Waals surface area contributed by atoms with Crippen LogP contribution in [0.4, 0.5) is 19.1 Å². The highest BCUT2D eigenvalue weighted by molar-refractivity contribution is 6.14. The summed E-state index contributed by atoms with van der Waals surface area (Å²) in [5.41, 5.74) is 3.08. The lowest BCUT2D eigenvalue weighted by atomic mass is 9.89. The first-order valence-corrected chi connectivity index (χ1v) is 10.1. The van der Waals surface area contributed by atoms with Crippen LogP contribution in [0.2, 0.25) is 0 Å². The Labute approximate surface area is 182 Å². The van der Waals surface area contributed by atoms with Crippen LogP contribution in [0.3, 0.4) is 0 Å². The summed E-state index contributed by atoms with van der Waals surface area (Å²) in [4.78, 5) is 18.2. The van der Waals surface area contributed by atoms with E-state index < -0.39 is 17.8 Å². The van der Waals surface area contributed by atoms with Gasteiger partial charge in [0.15, 0.2) is 5.78 Å². The third-order valence-electron chi connectivity index (χ3n) is 5.70. The van der Waals surface area contributed by atoms with Crippen LogP contribution in [0.25, 0.3) is 16.7 Å². The Kier molecular flexibility index (Phi) is 4.62. The normalized spacial score (nSPS) is 16.1. The van der Waals surface area contributed by atoms with E-state index in [9.17, 15) is 18.0 Å². The molecule has 32 heavy (non-hydrogen) atoms. The maximum atomic E-state index is 13.6. The van der Waals surface area contributed by atoms with E-state index in [1.54, 1.807) is 24.3 Å². The van der Waals surface area contributed by atoms with Gasteiger partial charge in [0.2, 0.25) is 5.95 Å². The van der Waals surface area contributed by atoms with Crippen LogP contribution < -0.4 is 5.32 Å². The number of ketones is 1. The molecule has 1 aliphatic heterocycles. The number of anilines is 1. The van der Waals surface area contributed by atoms with Crippen molar-refractivity contribution in [2.75, 3.05) is 5.32 Å². The van der Waals surface area contributed by atoms with Crippen molar-refractivity contribution in [2.45, 2.75) is 19.1 Å². The van der Waals surface area contributed by atoms with Crippen molar-refractivity contribution >= 4 is 28.5 Å². The second-order valence-electron chi connectivity index (χ2n) is 7.65. The fourth-order valence-electron chi connectivity index (χ4n) is 4.15. The Bertz CT molecular complexity index is 1350. The molecule has 1 N–H and O–H groups in total. The van der Waals surface area contributed by atoms with Gasteiger partial charge in [0.25, 0.3) is 0 Å². The molecule has 0 bridgehead atoms. The topological polar surface area (TPSA) is 46.9 Å². The van der Waals surface area contributed by atoms with E-state index in [0.717, 1.165) is 23.2 Å². The van der Waals surface area contributed by atoms with Gasteiger partial charge in [-0.05, 0) is 36.8 Å². The van der Waals surface area contributed by atoms with E-state index in [4.69, 9.17) is 0 Å². The van der Waals surface area contributed by atoms with Crippen LogP contribution in [0.15, 0.2) is 84.4 Å². The molecular weight excluding hydrogens is 415 g/mol. The van der Waals surface area contributed by atoms with Crippen molar-refractivity contribution in [1.29, 1.82) is 0 Å². The number of halogens is 3. The van der Waals surface area contributed by atoms with Gasteiger partial charge in [-0.1, -0.05) is 54.6 Å². The predicted octanol–water partition coefficient (Wildman–Crippen LogP) is 6.34. The second-order valence-corrected chi connectivity index (χ2v) is 7.65. The summed E-state index contributed by atoms with van der Waals surface area (Å²) in [7, 11) is 0. The number of para-hydroxylation sites is 2. The third kappa shape index (κ3) is 3.26. The molecule has 1 atom stereocenters. The summed E-state index contributed by atoms with van der Waals surface area (Å²) >= 11 is 0. The van der Waals surface area contributed by atoms with Crippen molar-refractivity contribution in [3.63, 3.8) is 0 Å². The fraction of sp³-hybridized carbons (Fsp3) is 0.120. The van der Waals surface area contributed by atoms with Gasteiger partial charge in [0.1, 0.15) is 0 Å². The van der Waals surface area contributed by atoms with Crippen molar-refractivity contribution < 1.29 is 18.0 Å². The molecule has 0 saturated carbocycles. The number of fused-ring (bicyclic) bond motifs is 3. The zero-order chi connectivity index (χ0) is 22.5. The van der Waals surface area contributed by atoms with Gasteiger partial charge in [-0.25, -0.2) is 4.98 Å². The van der Waals surface area contributed by atoms with Crippen LogP contribution in [0.1, 0.15) is 34.5 Å². The van der Waals surface area contributed by atoms with Crippen LogP contribution in [-0.4, -0.2) is 15.3 Å². The SMILES string of the molecule is CC1=C(C(=O)c2ccccc2)C(c2ccc(C(F)(F)F)cc2)Nc2nc3ccccc3n21. The van der Waals surface area contributed by atoms with Gasteiger partial charge in [0, 0.05) is 16.8 Å². The van der Waals surface area contributed by atoms with Crippen LogP contribution >= 0.6 is 0 Å². The maximum Gasteiger partial charge on any atom is 0.416 e. The van der Waals surface area contributed by atoms with Crippen molar-refractivity contribution in [3.8, 4) is 0 Å². The number of aromatic nitrogens is 2. The van der Waals surface area contributed by atoms with Gasteiger partial charge in [-0.2, -0.15) is 13.2 Å². The van der Waals surface area contributed by atoms with Crippen molar-refractivity contribution in [1.82, 2.24) is 9.55 Å². The number of carbonyl (C=O) groups is 1. The molecular formula is C25H18F3N3O. The minimum absolute atomic E-state index is 0.191. The van der Waals surface area contributed by atoms with Gasteiger partial charge in [-0.15, -0.1) is 0 Å². The van der Waals surface area contributed by atoms with Gasteiger partial charge >= 0.3 is 6.18 Å². The smallest absolute Gasteiger partial charge is 0.344 e. The molecule has 0 spiro atoms. The number of imidazole rings is 1. The molecule has 0 fully saturated rings. The van der Waals surface area contributed by atoms with Crippen LogP contribution in [0.5, 0.6) is 0 Å². The second kappa shape index (κ2) is 7.37. The zero-order valence-electron chi connectivity index (χ0n) is 17.0. The molecule has 0 saturated heterocycles. The van der Waals surface area contributed by atoms with Crippen LogP contribution in [-0.2, 0) is 6.18 Å². The van der Waals surface area contributed by atoms with Crippen molar-refractivity contribution in [2.24, 2.45) is 0 Å². The predicted molar refractivity (Wildman–Crippen MR) is 117 cm³/mol. The molecule has 3 aromatic carbocycles. The number of allylic oxidation sites excluding steroid dienone is 1. The number of hydrogen-bond acceptors (Lipinski definition) is 3. The molecule has 4 aromatic rings. The summed E-state index contributed by atoms with van der Waals surface area (Å²) < 4.78 is 41.1. The highest BCUT2D eigenvalue weighted by atomic mass is 19.4. The minimum atomic E-state index is -4.43. The molecule has 1 unspecified atom stereocenters. The lowest BCUT2D eigenvalue weighted by molar-refractivity contribution is -0.137. The average Bonchev–Trinajstić information content (AvgIpc) is 3.17. The third-order valence-corrected chi connectivity index (χ3v) is 5.70. The highest BCUT2D eigenvalue weighted by Crippen LogP contribution is 2.40. The molecule has 1 aliphatic rings. The summed E-state index contributed by atoms with van der Waals surface area (Å²) in [5, 5.41) is 3.28. The van der Waals surface area contributed by atoms with Crippen molar-refractivity contribution in [3.05, 3.63) is 101 Å². The van der Waals surface area contributed by atoms with E-state index >= 15 is 0 Å². The summed E-state index contributed by atoms with van der Waals surface area (Å²) in [6.45, 7) is 1.84. The lowest BCUT2D eigenvalue weighted by Gasteiger charge is -2.30. The van der Waals surface area contributed by atoms with Gasteiger partial charge < -0.3 is 5.32 Å². The number of hydrogen-bond donors (Lipinski definition) is 1. The first-order chi connectivity index (χ1) is 15.3. The molecule has 2 heterocycles. The Balaban J connectivity index is 1.69. The Morgan fingerprint density at radius 3 is 2.28 bits per heavy atom. The van der Waals surface area contributed by atoms with E-state index in [-0.39, 0.29) is 5.78 Å². The molecule has 0 radical (unpaired) electrons. The molecule has 7 heteroatoms. The quantitative estimate of drug-likeness (QED) is 0.384. The molecule has 160 valence electrons. The Hall–Kier alpha value is -3.87. The number of carbonyl (C=O) groups excluding carboxylic acids is 1. The number of alkyl halides is 3. The average molecular weight is 433 g/mol. The standard InChI is InChI=1S/C25H18F3N3O/c1-15-21(23(32)17-7-3-2-4-8-17)22(16-11-13-18(14-12-16)25(26,27)28)30-24-29-19-9-5-6-10-20(19)31(15)24/h2-14,22H,1H3,(H,29,30). The molecule has 1 aromatic heterocycles. The van der Waals surface area contributed by atoms with E-state index in [0.29, 0.717) is 28.3 Å². The monoisotopic (exact) mass is 433 g/mol. The number of Topliss-reactive ketones (excluding diaryl/α,β-unsaturated/α-hetero) is 1. The zero-order valence-corrected chi connectivity index (χ0v) is 17.0. The molecule has 5 rings (SSSR count). The highest BCUT2D eigenvalue weighted by Gasteiger charge is 2.34. The first kappa shape index (κ1) is 20.1. The van der Waals surface area contributed by atoms with E-state index in [1.807, 2.05) is 41.8 Å². The Morgan fingerprint density at radius 1 is 0.938 bits per heavy atom. The summed E-state index contributed by atoms with van der Waals surface area (Å²) in [5.74, 6) is 0.349. The number of benzene rings is 3. The maximum absolute atomic E-state index is 13.6. The molecule has 0 aliphatic carbocycles. The number of nitrogens with zero attached hydrogens (tertiary/aromatic N) is 2. The van der Waals surface area contributed by atoms with E-state index in [1.165, 1.54) is 12.1 Å². The van der Waals surface area contributed by atoms with Crippen LogP contribution in [0, 0.1) is 0 Å². The Morgan fingerprint density at radius 2 is 1.59 bits per heavy atom.